The SMILES string of the molecule is CC(NCc1ccnn1C)c1cccc(Cl)c1. The van der Waals surface area contributed by atoms with Gasteiger partial charge in [-0.05, 0) is 30.7 Å². The van der Waals surface area contributed by atoms with E-state index >= 15 is 0 Å². The van der Waals surface area contributed by atoms with Gasteiger partial charge in [0.25, 0.3) is 0 Å². The molecule has 0 amide bonds. The Morgan fingerprint density at radius 2 is 2.24 bits per heavy atom. The first kappa shape index (κ1) is 12.1. The van der Waals surface area contributed by atoms with E-state index in [2.05, 4.69) is 23.4 Å². The van der Waals surface area contributed by atoms with Crippen molar-refractivity contribution in [3.8, 4) is 0 Å². The summed E-state index contributed by atoms with van der Waals surface area (Å²) < 4.78 is 1.87. The highest BCUT2D eigenvalue weighted by molar-refractivity contribution is 6.30. The van der Waals surface area contributed by atoms with E-state index in [4.69, 9.17) is 11.6 Å². The number of rotatable bonds is 4. The van der Waals surface area contributed by atoms with Crippen LogP contribution in [-0.4, -0.2) is 9.78 Å². The van der Waals surface area contributed by atoms with Gasteiger partial charge in [0.1, 0.15) is 0 Å². The Balaban J connectivity index is 1.98. The lowest BCUT2D eigenvalue weighted by molar-refractivity contribution is 0.548. The molecule has 1 aromatic carbocycles. The summed E-state index contributed by atoms with van der Waals surface area (Å²) in [4.78, 5) is 0. The van der Waals surface area contributed by atoms with E-state index in [9.17, 15) is 0 Å². The van der Waals surface area contributed by atoms with E-state index in [1.54, 1.807) is 6.20 Å². The van der Waals surface area contributed by atoms with Crippen LogP contribution in [0.5, 0.6) is 0 Å². The Labute approximate surface area is 106 Å². The van der Waals surface area contributed by atoms with Crippen molar-refractivity contribution < 1.29 is 0 Å². The molecule has 1 N–H and O–H groups in total. The molecule has 0 spiro atoms. The molecule has 0 bridgehead atoms. The van der Waals surface area contributed by atoms with Gasteiger partial charge in [0.2, 0.25) is 0 Å². The first-order valence-corrected chi connectivity index (χ1v) is 6.00. The summed E-state index contributed by atoms with van der Waals surface area (Å²) in [5.74, 6) is 0. The number of nitrogens with zero attached hydrogens (tertiary/aromatic N) is 2. The van der Waals surface area contributed by atoms with Gasteiger partial charge in [0.05, 0.1) is 5.69 Å². The highest BCUT2D eigenvalue weighted by Crippen LogP contribution is 2.17. The second kappa shape index (κ2) is 5.34. The Morgan fingerprint density at radius 1 is 1.41 bits per heavy atom. The summed E-state index contributed by atoms with van der Waals surface area (Å²) in [6, 6.07) is 10.2. The lowest BCUT2D eigenvalue weighted by atomic mass is 10.1. The maximum Gasteiger partial charge on any atom is 0.0518 e. The minimum Gasteiger partial charge on any atom is -0.305 e. The minimum atomic E-state index is 0.267. The maximum atomic E-state index is 5.97. The third kappa shape index (κ3) is 3.08. The molecule has 90 valence electrons. The molecular formula is C13H16ClN3. The molecule has 1 heterocycles. The lowest BCUT2D eigenvalue weighted by Gasteiger charge is -2.14. The third-order valence-corrected chi connectivity index (χ3v) is 3.10. The van der Waals surface area contributed by atoms with Crippen LogP contribution >= 0.6 is 11.6 Å². The van der Waals surface area contributed by atoms with Crippen molar-refractivity contribution in [2.24, 2.45) is 7.05 Å². The van der Waals surface area contributed by atoms with Gasteiger partial charge in [0, 0.05) is 30.9 Å². The van der Waals surface area contributed by atoms with Gasteiger partial charge in [-0.1, -0.05) is 23.7 Å². The zero-order chi connectivity index (χ0) is 12.3. The van der Waals surface area contributed by atoms with E-state index in [0.29, 0.717) is 0 Å². The van der Waals surface area contributed by atoms with Gasteiger partial charge >= 0.3 is 0 Å². The van der Waals surface area contributed by atoms with Crippen molar-refractivity contribution in [2.45, 2.75) is 19.5 Å². The summed E-state index contributed by atoms with van der Waals surface area (Å²) in [7, 11) is 1.95. The van der Waals surface area contributed by atoms with E-state index in [1.165, 1.54) is 11.3 Å². The fraction of sp³-hybridized carbons (Fsp3) is 0.308. The van der Waals surface area contributed by atoms with Gasteiger partial charge in [-0.3, -0.25) is 4.68 Å². The second-order valence-corrected chi connectivity index (χ2v) is 4.54. The van der Waals surface area contributed by atoms with Crippen LogP contribution in [-0.2, 0) is 13.6 Å². The van der Waals surface area contributed by atoms with Crippen molar-refractivity contribution >= 4 is 11.6 Å². The largest absolute Gasteiger partial charge is 0.305 e. The summed E-state index contributed by atoms with van der Waals surface area (Å²) in [5.41, 5.74) is 2.36. The Hall–Kier alpha value is -1.32. The predicted molar refractivity (Wildman–Crippen MR) is 69.9 cm³/mol. The molecule has 1 unspecified atom stereocenters. The van der Waals surface area contributed by atoms with Crippen molar-refractivity contribution in [1.82, 2.24) is 15.1 Å². The van der Waals surface area contributed by atoms with Gasteiger partial charge in [-0.15, -0.1) is 0 Å². The van der Waals surface area contributed by atoms with Crippen LogP contribution in [0.4, 0.5) is 0 Å². The van der Waals surface area contributed by atoms with Crippen LogP contribution in [0.25, 0.3) is 0 Å². The zero-order valence-corrected chi connectivity index (χ0v) is 10.8. The van der Waals surface area contributed by atoms with Crippen LogP contribution in [0, 0.1) is 0 Å². The Morgan fingerprint density at radius 3 is 2.88 bits per heavy atom. The summed E-state index contributed by atoms with van der Waals surface area (Å²) in [6.45, 7) is 2.92. The van der Waals surface area contributed by atoms with Crippen molar-refractivity contribution in [1.29, 1.82) is 0 Å². The van der Waals surface area contributed by atoms with Gasteiger partial charge in [-0.2, -0.15) is 5.10 Å². The lowest BCUT2D eigenvalue weighted by Crippen LogP contribution is -2.19. The smallest absolute Gasteiger partial charge is 0.0518 e. The molecule has 0 saturated heterocycles. The molecule has 1 atom stereocenters. The molecule has 2 rings (SSSR count). The van der Waals surface area contributed by atoms with Crippen LogP contribution in [0.15, 0.2) is 36.5 Å². The molecule has 3 nitrogen and oxygen atoms in total. The van der Waals surface area contributed by atoms with Gasteiger partial charge < -0.3 is 5.32 Å². The monoisotopic (exact) mass is 249 g/mol. The van der Waals surface area contributed by atoms with Crippen molar-refractivity contribution in [3.63, 3.8) is 0 Å². The third-order valence-electron chi connectivity index (χ3n) is 2.86. The fourth-order valence-corrected chi connectivity index (χ4v) is 1.92. The molecule has 0 aliphatic carbocycles. The Kier molecular flexibility index (Phi) is 3.82. The van der Waals surface area contributed by atoms with Crippen molar-refractivity contribution in [2.75, 3.05) is 0 Å². The topological polar surface area (TPSA) is 29.9 Å². The number of aromatic nitrogens is 2. The second-order valence-electron chi connectivity index (χ2n) is 4.10. The molecule has 0 saturated carbocycles. The van der Waals surface area contributed by atoms with E-state index in [-0.39, 0.29) is 6.04 Å². The van der Waals surface area contributed by atoms with E-state index in [1.807, 2.05) is 36.0 Å². The Bertz CT molecular complexity index is 493. The van der Waals surface area contributed by atoms with Crippen LogP contribution in [0.1, 0.15) is 24.2 Å². The highest BCUT2D eigenvalue weighted by Gasteiger charge is 2.06. The first-order chi connectivity index (χ1) is 8.16. The van der Waals surface area contributed by atoms with Crippen LogP contribution in [0.3, 0.4) is 0 Å². The van der Waals surface area contributed by atoms with Crippen molar-refractivity contribution in [3.05, 3.63) is 52.8 Å². The number of hydrogen-bond donors (Lipinski definition) is 1. The quantitative estimate of drug-likeness (QED) is 0.903. The maximum absolute atomic E-state index is 5.97. The summed E-state index contributed by atoms with van der Waals surface area (Å²) in [5, 5.41) is 8.36. The molecule has 0 aliphatic heterocycles. The van der Waals surface area contributed by atoms with Crippen LogP contribution < -0.4 is 5.32 Å². The van der Waals surface area contributed by atoms with Gasteiger partial charge in [0.15, 0.2) is 0 Å². The number of aryl methyl sites for hydroxylation is 1. The fourth-order valence-electron chi connectivity index (χ4n) is 1.73. The molecule has 1 aromatic heterocycles. The summed E-state index contributed by atoms with van der Waals surface area (Å²) in [6.07, 6.45) is 1.81. The number of halogens is 1. The summed E-state index contributed by atoms with van der Waals surface area (Å²) >= 11 is 5.97. The molecule has 17 heavy (non-hydrogen) atoms. The number of nitrogens with one attached hydrogen (secondary N) is 1. The molecule has 0 aliphatic rings. The first-order valence-electron chi connectivity index (χ1n) is 5.62. The molecule has 2 aromatic rings. The average molecular weight is 250 g/mol. The number of hydrogen-bond acceptors (Lipinski definition) is 2. The molecular weight excluding hydrogens is 234 g/mol. The average Bonchev–Trinajstić information content (AvgIpc) is 2.72. The molecule has 4 heteroatoms. The molecule has 0 fully saturated rings. The highest BCUT2D eigenvalue weighted by atomic mass is 35.5. The zero-order valence-electron chi connectivity index (χ0n) is 10.0. The van der Waals surface area contributed by atoms with E-state index < -0.39 is 0 Å². The van der Waals surface area contributed by atoms with Gasteiger partial charge in [-0.25, -0.2) is 0 Å². The normalized spacial score (nSPS) is 12.6. The minimum absolute atomic E-state index is 0.267. The number of benzene rings is 1. The van der Waals surface area contributed by atoms with Crippen LogP contribution in [0.2, 0.25) is 5.02 Å². The molecule has 0 radical (unpaired) electrons. The van der Waals surface area contributed by atoms with E-state index in [0.717, 1.165) is 11.6 Å². The standard InChI is InChI=1S/C13H16ClN3/c1-10(11-4-3-5-12(14)8-11)15-9-13-6-7-16-17(13)2/h3-8,10,15H,9H2,1-2H3. The predicted octanol–water partition coefficient (Wildman–Crippen LogP) is 2.92.